The van der Waals surface area contributed by atoms with Crippen LogP contribution in [0.3, 0.4) is 0 Å². The Bertz CT molecular complexity index is 657. The van der Waals surface area contributed by atoms with E-state index in [0.29, 0.717) is 6.54 Å². The quantitative estimate of drug-likeness (QED) is 0.900. The summed E-state index contributed by atoms with van der Waals surface area (Å²) in [7, 11) is 0. The minimum absolute atomic E-state index is 0.171. The third kappa shape index (κ3) is 2.99. The lowest BCUT2D eigenvalue weighted by Crippen LogP contribution is -2.35. The number of para-hydroxylation sites is 1. The zero-order valence-electron chi connectivity index (χ0n) is 11.9. The van der Waals surface area contributed by atoms with Crippen LogP contribution in [0.25, 0.3) is 0 Å². The second kappa shape index (κ2) is 5.36. The van der Waals surface area contributed by atoms with Gasteiger partial charge < -0.3 is 15.0 Å². The highest BCUT2D eigenvalue weighted by molar-refractivity contribution is 5.38. The number of rotatable bonds is 3. The number of aromatic nitrogens is 2. The van der Waals surface area contributed by atoms with Crippen molar-refractivity contribution < 1.29 is 5.11 Å². The SMILES string of the molecule is CC(C)(C)n1ccnc(NCc2ccccc2O)c1=O. The molecule has 5 nitrogen and oxygen atoms in total. The van der Waals surface area contributed by atoms with Crippen molar-refractivity contribution in [3.63, 3.8) is 0 Å². The summed E-state index contributed by atoms with van der Waals surface area (Å²) in [5.74, 6) is 0.484. The van der Waals surface area contributed by atoms with Crippen molar-refractivity contribution in [3.8, 4) is 5.75 Å². The fourth-order valence-corrected chi connectivity index (χ4v) is 1.90. The highest BCUT2D eigenvalue weighted by atomic mass is 16.3. The summed E-state index contributed by atoms with van der Waals surface area (Å²) in [5.41, 5.74) is 0.251. The molecule has 1 aromatic heterocycles. The first-order valence-corrected chi connectivity index (χ1v) is 6.48. The molecule has 0 aliphatic rings. The summed E-state index contributed by atoms with van der Waals surface area (Å²) in [6.07, 6.45) is 3.27. The second-order valence-electron chi connectivity index (χ2n) is 5.60. The molecule has 0 saturated heterocycles. The molecule has 5 heteroatoms. The van der Waals surface area contributed by atoms with E-state index in [0.717, 1.165) is 5.56 Å². The molecule has 0 spiro atoms. The van der Waals surface area contributed by atoms with Crippen LogP contribution in [0.2, 0.25) is 0 Å². The Morgan fingerprint density at radius 2 is 2.00 bits per heavy atom. The number of nitrogens with zero attached hydrogens (tertiary/aromatic N) is 2. The van der Waals surface area contributed by atoms with Gasteiger partial charge in [-0.2, -0.15) is 0 Å². The number of hydrogen-bond acceptors (Lipinski definition) is 4. The van der Waals surface area contributed by atoms with E-state index < -0.39 is 0 Å². The molecule has 0 aliphatic carbocycles. The molecular formula is C15H19N3O2. The zero-order chi connectivity index (χ0) is 14.8. The summed E-state index contributed by atoms with van der Waals surface area (Å²) < 4.78 is 1.63. The van der Waals surface area contributed by atoms with Gasteiger partial charge in [-0.1, -0.05) is 18.2 Å². The molecule has 0 atom stereocenters. The van der Waals surface area contributed by atoms with Crippen molar-refractivity contribution in [2.45, 2.75) is 32.9 Å². The summed E-state index contributed by atoms with van der Waals surface area (Å²) >= 11 is 0. The average molecular weight is 273 g/mol. The number of phenolic OH excluding ortho intramolecular Hbond substituents is 1. The smallest absolute Gasteiger partial charge is 0.293 e. The van der Waals surface area contributed by atoms with E-state index >= 15 is 0 Å². The van der Waals surface area contributed by atoms with Crippen molar-refractivity contribution in [2.24, 2.45) is 0 Å². The van der Waals surface area contributed by atoms with Crippen LogP contribution in [0, 0.1) is 0 Å². The summed E-state index contributed by atoms with van der Waals surface area (Å²) in [6, 6.07) is 7.01. The Balaban J connectivity index is 2.23. The van der Waals surface area contributed by atoms with Crippen LogP contribution in [0.15, 0.2) is 41.5 Å². The number of nitrogens with one attached hydrogen (secondary N) is 1. The van der Waals surface area contributed by atoms with Gasteiger partial charge in [-0.25, -0.2) is 4.98 Å². The third-order valence-corrected chi connectivity index (χ3v) is 3.00. The Kier molecular flexibility index (Phi) is 3.79. The molecule has 2 rings (SSSR count). The standard InChI is InChI=1S/C15H19N3O2/c1-15(2,3)18-9-8-16-13(14(18)20)17-10-11-6-4-5-7-12(11)19/h4-9,19H,10H2,1-3H3,(H,16,17). The van der Waals surface area contributed by atoms with Crippen LogP contribution in [-0.4, -0.2) is 14.7 Å². The fraction of sp³-hybridized carbons (Fsp3) is 0.333. The number of hydrogen-bond donors (Lipinski definition) is 2. The Morgan fingerprint density at radius 1 is 1.30 bits per heavy atom. The van der Waals surface area contributed by atoms with Gasteiger partial charge in [0.1, 0.15) is 5.75 Å². The van der Waals surface area contributed by atoms with Gasteiger partial charge >= 0.3 is 0 Å². The molecule has 106 valence electrons. The molecule has 0 aliphatic heterocycles. The van der Waals surface area contributed by atoms with Gasteiger partial charge in [0.05, 0.1) is 0 Å². The summed E-state index contributed by atoms with van der Waals surface area (Å²) in [6.45, 7) is 6.23. The van der Waals surface area contributed by atoms with E-state index in [9.17, 15) is 9.90 Å². The molecule has 0 amide bonds. The topological polar surface area (TPSA) is 67.2 Å². The first-order valence-electron chi connectivity index (χ1n) is 6.48. The third-order valence-electron chi connectivity index (χ3n) is 3.00. The van der Waals surface area contributed by atoms with Gasteiger partial charge in [-0.15, -0.1) is 0 Å². The molecule has 1 aromatic carbocycles. The molecule has 2 aromatic rings. The maximum absolute atomic E-state index is 12.3. The van der Waals surface area contributed by atoms with Gasteiger partial charge in [-0.3, -0.25) is 4.79 Å². The van der Waals surface area contributed by atoms with E-state index in [4.69, 9.17) is 0 Å². The molecule has 0 bridgehead atoms. The Labute approximate surface area is 117 Å². The van der Waals surface area contributed by atoms with Gasteiger partial charge in [0.15, 0.2) is 5.82 Å². The van der Waals surface area contributed by atoms with Crippen molar-refractivity contribution in [1.82, 2.24) is 9.55 Å². The number of anilines is 1. The number of benzene rings is 1. The van der Waals surface area contributed by atoms with Crippen LogP contribution < -0.4 is 10.9 Å². The summed E-state index contributed by atoms with van der Waals surface area (Å²) in [4.78, 5) is 16.4. The predicted molar refractivity (Wildman–Crippen MR) is 78.9 cm³/mol. The number of phenols is 1. The van der Waals surface area contributed by atoms with Crippen molar-refractivity contribution in [3.05, 3.63) is 52.6 Å². The maximum Gasteiger partial charge on any atom is 0.293 e. The summed E-state index contributed by atoms with van der Waals surface area (Å²) in [5, 5.41) is 12.7. The van der Waals surface area contributed by atoms with Crippen LogP contribution in [0.5, 0.6) is 5.75 Å². The lowest BCUT2D eigenvalue weighted by Gasteiger charge is -2.22. The van der Waals surface area contributed by atoms with Gasteiger partial charge in [0.25, 0.3) is 5.56 Å². The second-order valence-corrected chi connectivity index (χ2v) is 5.60. The van der Waals surface area contributed by atoms with Crippen molar-refractivity contribution in [1.29, 1.82) is 0 Å². The molecule has 0 unspecified atom stereocenters. The molecule has 0 radical (unpaired) electrons. The lowest BCUT2D eigenvalue weighted by atomic mass is 10.1. The van der Waals surface area contributed by atoms with E-state index in [1.54, 1.807) is 35.2 Å². The molecule has 0 fully saturated rings. The molecule has 20 heavy (non-hydrogen) atoms. The molecule has 1 heterocycles. The first kappa shape index (κ1) is 14.1. The maximum atomic E-state index is 12.3. The number of aromatic hydroxyl groups is 1. The normalized spacial score (nSPS) is 11.3. The van der Waals surface area contributed by atoms with Gasteiger partial charge in [0, 0.05) is 30.0 Å². The Morgan fingerprint density at radius 3 is 2.65 bits per heavy atom. The van der Waals surface area contributed by atoms with E-state index in [1.807, 2.05) is 26.8 Å². The van der Waals surface area contributed by atoms with Gasteiger partial charge in [0.2, 0.25) is 0 Å². The van der Waals surface area contributed by atoms with Crippen LogP contribution in [-0.2, 0) is 12.1 Å². The van der Waals surface area contributed by atoms with Crippen LogP contribution in [0.1, 0.15) is 26.3 Å². The first-order chi connectivity index (χ1) is 9.39. The lowest BCUT2D eigenvalue weighted by molar-refractivity contribution is 0.383. The fourth-order valence-electron chi connectivity index (χ4n) is 1.90. The molecule has 0 saturated carbocycles. The van der Waals surface area contributed by atoms with Crippen LogP contribution in [0.4, 0.5) is 5.82 Å². The molecule has 2 N–H and O–H groups in total. The van der Waals surface area contributed by atoms with Crippen LogP contribution >= 0.6 is 0 Å². The van der Waals surface area contributed by atoms with E-state index in [-0.39, 0.29) is 22.7 Å². The molecular weight excluding hydrogens is 254 g/mol. The highest BCUT2D eigenvalue weighted by Gasteiger charge is 2.16. The van der Waals surface area contributed by atoms with Gasteiger partial charge in [-0.05, 0) is 26.8 Å². The highest BCUT2D eigenvalue weighted by Crippen LogP contribution is 2.16. The minimum Gasteiger partial charge on any atom is -0.508 e. The Hall–Kier alpha value is -2.30. The monoisotopic (exact) mass is 273 g/mol. The minimum atomic E-state index is -0.300. The predicted octanol–water partition coefficient (Wildman–Crippen LogP) is 2.32. The van der Waals surface area contributed by atoms with E-state index in [2.05, 4.69) is 10.3 Å². The zero-order valence-corrected chi connectivity index (χ0v) is 11.9. The van der Waals surface area contributed by atoms with Crippen molar-refractivity contribution in [2.75, 3.05) is 5.32 Å². The van der Waals surface area contributed by atoms with Crippen molar-refractivity contribution >= 4 is 5.82 Å². The largest absolute Gasteiger partial charge is 0.508 e. The average Bonchev–Trinajstić information content (AvgIpc) is 2.38. The van der Waals surface area contributed by atoms with E-state index in [1.165, 1.54) is 0 Å².